The van der Waals surface area contributed by atoms with Crippen LogP contribution in [0.5, 0.6) is 0 Å². The lowest BCUT2D eigenvalue weighted by atomic mass is 10.1. The number of carboxylic acid groups (broad SMARTS) is 1. The van der Waals surface area contributed by atoms with Gasteiger partial charge in [0.15, 0.2) is 0 Å². The molecular weight excluding hydrogens is 260 g/mol. The van der Waals surface area contributed by atoms with Crippen LogP contribution in [-0.2, 0) is 0 Å². The maximum Gasteiger partial charge on any atom is 0.338 e. The Hall–Kier alpha value is -2.89. The van der Waals surface area contributed by atoms with E-state index >= 15 is 0 Å². The monoisotopic (exact) mass is 272 g/mol. The van der Waals surface area contributed by atoms with Crippen LogP contribution >= 0.6 is 0 Å². The van der Waals surface area contributed by atoms with Crippen molar-refractivity contribution in [2.75, 3.05) is 5.32 Å². The second kappa shape index (κ2) is 5.40. The summed E-state index contributed by atoms with van der Waals surface area (Å²) in [6.45, 7) is 1.94. The number of carbonyl (C=O) groups is 1. The van der Waals surface area contributed by atoms with E-state index in [2.05, 4.69) is 5.32 Å². The van der Waals surface area contributed by atoms with E-state index in [0.717, 1.165) is 11.6 Å². The molecule has 0 heterocycles. The molecule has 102 valence electrons. The lowest BCUT2D eigenvalue weighted by molar-refractivity contribution is -0.384. The van der Waals surface area contributed by atoms with Gasteiger partial charge in [-0.05, 0) is 25.1 Å². The standard InChI is InChI=1S/C14H12N2O4/c1-9-2-4-10(5-3-9)15-13-7-6-11(16(19)20)8-12(13)14(17)18/h2-8,15H,1H3,(H,17,18). The van der Waals surface area contributed by atoms with Gasteiger partial charge in [-0.15, -0.1) is 0 Å². The molecule has 0 aliphatic carbocycles. The zero-order chi connectivity index (χ0) is 14.7. The van der Waals surface area contributed by atoms with Crippen molar-refractivity contribution in [1.82, 2.24) is 0 Å². The zero-order valence-electron chi connectivity index (χ0n) is 10.7. The molecule has 0 spiro atoms. The summed E-state index contributed by atoms with van der Waals surface area (Å²) in [5, 5.41) is 22.8. The highest BCUT2D eigenvalue weighted by Crippen LogP contribution is 2.25. The van der Waals surface area contributed by atoms with Gasteiger partial charge < -0.3 is 10.4 Å². The Morgan fingerprint density at radius 1 is 1.20 bits per heavy atom. The zero-order valence-corrected chi connectivity index (χ0v) is 10.7. The van der Waals surface area contributed by atoms with Crippen LogP contribution < -0.4 is 5.32 Å². The van der Waals surface area contributed by atoms with Gasteiger partial charge in [-0.25, -0.2) is 4.79 Å². The Balaban J connectivity index is 2.38. The Bertz CT molecular complexity index is 665. The van der Waals surface area contributed by atoms with E-state index in [1.165, 1.54) is 12.1 Å². The van der Waals surface area contributed by atoms with Crippen molar-refractivity contribution < 1.29 is 14.8 Å². The molecule has 0 saturated carbocycles. The molecule has 2 rings (SSSR count). The fraction of sp³-hybridized carbons (Fsp3) is 0.0714. The largest absolute Gasteiger partial charge is 0.478 e. The van der Waals surface area contributed by atoms with Gasteiger partial charge in [0.2, 0.25) is 0 Å². The van der Waals surface area contributed by atoms with Gasteiger partial charge in [0.25, 0.3) is 5.69 Å². The molecule has 6 nitrogen and oxygen atoms in total. The molecule has 0 saturated heterocycles. The molecule has 0 fully saturated rings. The summed E-state index contributed by atoms with van der Waals surface area (Å²) in [4.78, 5) is 21.2. The molecule has 0 atom stereocenters. The average Bonchev–Trinajstić information content (AvgIpc) is 2.41. The van der Waals surface area contributed by atoms with E-state index in [0.29, 0.717) is 11.4 Å². The molecule has 0 unspecified atom stereocenters. The number of non-ortho nitro benzene ring substituents is 1. The van der Waals surface area contributed by atoms with Crippen LogP contribution in [0.4, 0.5) is 17.1 Å². The molecule has 0 radical (unpaired) electrons. The Morgan fingerprint density at radius 3 is 2.40 bits per heavy atom. The fourth-order valence-corrected chi connectivity index (χ4v) is 1.72. The lowest BCUT2D eigenvalue weighted by Crippen LogP contribution is -2.04. The Labute approximate surface area is 114 Å². The first-order valence-corrected chi connectivity index (χ1v) is 5.83. The van der Waals surface area contributed by atoms with Crippen molar-refractivity contribution in [1.29, 1.82) is 0 Å². The highest BCUT2D eigenvalue weighted by atomic mass is 16.6. The normalized spacial score (nSPS) is 10.1. The molecule has 2 aromatic carbocycles. The van der Waals surface area contributed by atoms with Gasteiger partial charge in [-0.1, -0.05) is 17.7 Å². The highest BCUT2D eigenvalue weighted by Gasteiger charge is 2.16. The number of nitrogens with one attached hydrogen (secondary N) is 1. The number of benzene rings is 2. The highest BCUT2D eigenvalue weighted by molar-refractivity contribution is 5.96. The minimum absolute atomic E-state index is 0.139. The fourth-order valence-electron chi connectivity index (χ4n) is 1.72. The van der Waals surface area contributed by atoms with Crippen LogP contribution in [0.3, 0.4) is 0 Å². The summed E-state index contributed by atoms with van der Waals surface area (Å²) in [5.41, 5.74) is 1.72. The van der Waals surface area contributed by atoms with E-state index in [9.17, 15) is 14.9 Å². The van der Waals surface area contributed by atoms with Crippen LogP contribution in [0.15, 0.2) is 42.5 Å². The van der Waals surface area contributed by atoms with Crippen LogP contribution in [0.2, 0.25) is 0 Å². The maximum absolute atomic E-state index is 11.2. The molecule has 2 aromatic rings. The summed E-state index contributed by atoms with van der Waals surface area (Å²) in [7, 11) is 0. The van der Waals surface area contributed by atoms with E-state index in [1.54, 1.807) is 0 Å². The number of aryl methyl sites for hydroxylation is 1. The van der Waals surface area contributed by atoms with Gasteiger partial charge in [0.05, 0.1) is 16.2 Å². The van der Waals surface area contributed by atoms with Crippen molar-refractivity contribution >= 4 is 23.0 Å². The third kappa shape index (κ3) is 2.92. The Kier molecular flexibility index (Phi) is 3.65. The van der Waals surface area contributed by atoms with Crippen molar-refractivity contribution in [3.05, 3.63) is 63.7 Å². The van der Waals surface area contributed by atoms with E-state index in [-0.39, 0.29) is 11.3 Å². The third-order valence-corrected chi connectivity index (χ3v) is 2.77. The van der Waals surface area contributed by atoms with Crippen molar-refractivity contribution in [3.8, 4) is 0 Å². The van der Waals surface area contributed by atoms with Crippen molar-refractivity contribution in [2.45, 2.75) is 6.92 Å². The molecule has 0 amide bonds. The molecule has 2 N–H and O–H groups in total. The third-order valence-electron chi connectivity index (χ3n) is 2.77. The second-order valence-corrected chi connectivity index (χ2v) is 4.28. The number of carboxylic acids is 1. The van der Waals surface area contributed by atoms with Gasteiger partial charge >= 0.3 is 5.97 Å². The van der Waals surface area contributed by atoms with Crippen molar-refractivity contribution in [3.63, 3.8) is 0 Å². The average molecular weight is 272 g/mol. The lowest BCUT2D eigenvalue weighted by Gasteiger charge is -2.09. The number of hydrogen-bond donors (Lipinski definition) is 2. The maximum atomic E-state index is 11.2. The Morgan fingerprint density at radius 2 is 1.85 bits per heavy atom. The van der Waals surface area contributed by atoms with E-state index < -0.39 is 10.9 Å². The van der Waals surface area contributed by atoms with Gasteiger partial charge in [-0.3, -0.25) is 10.1 Å². The smallest absolute Gasteiger partial charge is 0.338 e. The molecule has 0 aliphatic rings. The van der Waals surface area contributed by atoms with Crippen LogP contribution in [0.25, 0.3) is 0 Å². The van der Waals surface area contributed by atoms with Gasteiger partial charge in [-0.2, -0.15) is 0 Å². The first-order valence-electron chi connectivity index (χ1n) is 5.83. The molecule has 0 aromatic heterocycles. The van der Waals surface area contributed by atoms with E-state index in [4.69, 9.17) is 5.11 Å². The van der Waals surface area contributed by atoms with Crippen molar-refractivity contribution in [2.24, 2.45) is 0 Å². The first kappa shape index (κ1) is 13.5. The number of hydrogen-bond acceptors (Lipinski definition) is 4. The molecule has 0 bridgehead atoms. The quantitative estimate of drug-likeness (QED) is 0.657. The molecule has 0 aliphatic heterocycles. The second-order valence-electron chi connectivity index (χ2n) is 4.28. The SMILES string of the molecule is Cc1ccc(Nc2ccc([N+](=O)[O-])cc2C(=O)O)cc1. The summed E-state index contributed by atoms with van der Waals surface area (Å²) < 4.78 is 0. The summed E-state index contributed by atoms with van der Waals surface area (Å²) in [6, 6.07) is 11.1. The number of nitrogens with zero attached hydrogens (tertiary/aromatic N) is 1. The van der Waals surface area contributed by atoms with Gasteiger partial charge in [0, 0.05) is 17.8 Å². The first-order chi connectivity index (χ1) is 9.47. The number of nitro groups is 1. The topological polar surface area (TPSA) is 92.5 Å². The predicted octanol–water partition coefficient (Wildman–Crippen LogP) is 3.35. The minimum atomic E-state index is -1.22. The minimum Gasteiger partial charge on any atom is -0.478 e. The molecular formula is C14H12N2O4. The van der Waals surface area contributed by atoms with Gasteiger partial charge in [0.1, 0.15) is 0 Å². The number of aromatic carboxylic acids is 1. The van der Waals surface area contributed by atoms with E-state index in [1.807, 2.05) is 31.2 Å². The summed E-state index contributed by atoms with van der Waals surface area (Å²) in [5.74, 6) is -1.22. The van der Waals surface area contributed by atoms with Crippen LogP contribution in [-0.4, -0.2) is 16.0 Å². The summed E-state index contributed by atoms with van der Waals surface area (Å²) in [6.07, 6.45) is 0. The number of rotatable bonds is 4. The molecule has 20 heavy (non-hydrogen) atoms. The summed E-state index contributed by atoms with van der Waals surface area (Å²) >= 11 is 0. The number of nitro benzene ring substituents is 1. The van der Waals surface area contributed by atoms with Crippen LogP contribution in [0.1, 0.15) is 15.9 Å². The van der Waals surface area contributed by atoms with Crippen LogP contribution in [0, 0.1) is 17.0 Å². The predicted molar refractivity (Wildman–Crippen MR) is 74.5 cm³/mol. The molecule has 6 heteroatoms. The number of anilines is 2.